The van der Waals surface area contributed by atoms with E-state index in [0.717, 1.165) is 33.3 Å². The fraction of sp³-hybridized carbons (Fsp3) is 0.412. The van der Waals surface area contributed by atoms with E-state index in [1.54, 1.807) is 18.4 Å². The van der Waals surface area contributed by atoms with Crippen LogP contribution in [0.5, 0.6) is 0 Å². The molecule has 4 nitrogen and oxygen atoms in total. The Kier molecular flexibility index (Phi) is 8.32. The quantitative estimate of drug-likeness (QED) is 0.381. The number of nitrogens with one attached hydrogen (secondary N) is 1. The van der Waals surface area contributed by atoms with Gasteiger partial charge in [-0.1, -0.05) is 12.1 Å². The van der Waals surface area contributed by atoms with Crippen molar-refractivity contribution < 1.29 is 13.2 Å². The highest BCUT2D eigenvalue weighted by Gasteiger charge is 2.29. The number of guanidine groups is 1. The summed E-state index contributed by atoms with van der Waals surface area (Å²) in [5.74, 6) is 0.672. The Morgan fingerprint density at radius 1 is 1.23 bits per heavy atom. The summed E-state index contributed by atoms with van der Waals surface area (Å²) in [6, 6.07) is 5.18. The molecule has 1 aromatic heterocycles. The smallest absolute Gasteiger partial charge is 0.351 e. The van der Waals surface area contributed by atoms with Gasteiger partial charge in [-0.25, -0.2) is 4.98 Å². The van der Waals surface area contributed by atoms with E-state index in [1.165, 1.54) is 12.1 Å². The second-order valence-electron chi connectivity index (χ2n) is 5.69. The molecule has 0 atom stereocenters. The number of aliphatic imine (C=N–C) groups is 1. The molecule has 0 saturated heterocycles. The Labute approximate surface area is 172 Å². The summed E-state index contributed by atoms with van der Waals surface area (Å²) in [5, 5.41) is 4.28. The van der Waals surface area contributed by atoms with Crippen molar-refractivity contribution in [2.24, 2.45) is 4.99 Å². The number of alkyl halides is 3. The van der Waals surface area contributed by atoms with E-state index in [0.29, 0.717) is 19.0 Å². The number of rotatable bonds is 4. The Bertz CT molecular complexity index is 741. The molecule has 1 N–H and O–H groups in total. The van der Waals surface area contributed by atoms with Crippen LogP contribution in [0, 0.1) is 13.8 Å². The number of nitrogens with zero attached hydrogens (tertiary/aromatic N) is 3. The zero-order chi connectivity index (χ0) is 18.6. The molecular weight excluding hydrogens is 476 g/mol. The molecule has 2 aromatic rings. The molecule has 0 aliphatic heterocycles. The van der Waals surface area contributed by atoms with Crippen molar-refractivity contribution in [3.05, 3.63) is 51.0 Å². The zero-order valence-corrected chi connectivity index (χ0v) is 18.2. The van der Waals surface area contributed by atoms with Crippen molar-refractivity contribution >= 4 is 41.3 Å². The lowest BCUT2D eigenvalue weighted by atomic mass is 10.1. The maximum Gasteiger partial charge on any atom is 0.416 e. The van der Waals surface area contributed by atoms with Gasteiger partial charge in [-0.2, -0.15) is 13.2 Å². The van der Waals surface area contributed by atoms with E-state index in [4.69, 9.17) is 0 Å². The minimum Gasteiger partial charge on any atom is -0.351 e. The minimum absolute atomic E-state index is 0. The van der Waals surface area contributed by atoms with Gasteiger partial charge in [0.1, 0.15) is 0 Å². The van der Waals surface area contributed by atoms with Crippen LogP contribution in [-0.4, -0.2) is 29.9 Å². The maximum atomic E-state index is 12.6. The molecule has 0 aliphatic carbocycles. The number of hydrogen-bond donors (Lipinski definition) is 1. The average molecular weight is 498 g/mol. The highest BCUT2D eigenvalue weighted by atomic mass is 127. The summed E-state index contributed by atoms with van der Waals surface area (Å²) in [4.78, 5) is 11.6. The Morgan fingerprint density at radius 2 is 1.85 bits per heavy atom. The van der Waals surface area contributed by atoms with Crippen LogP contribution in [0.15, 0.2) is 29.3 Å². The van der Waals surface area contributed by atoms with Gasteiger partial charge in [-0.05, 0) is 31.5 Å². The predicted molar refractivity (Wildman–Crippen MR) is 110 cm³/mol. The van der Waals surface area contributed by atoms with Gasteiger partial charge in [0.15, 0.2) is 5.96 Å². The van der Waals surface area contributed by atoms with Crippen LogP contribution >= 0.6 is 35.3 Å². The number of thiazole rings is 1. The number of aryl methyl sites for hydroxylation is 2. The molecule has 2 rings (SSSR count). The van der Waals surface area contributed by atoms with Crippen LogP contribution in [0.25, 0.3) is 0 Å². The molecule has 26 heavy (non-hydrogen) atoms. The third kappa shape index (κ3) is 6.11. The zero-order valence-electron chi connectivity index (χ0n) is 15.0. The van der Waals surface area contributed by atoms with E-state index >= 15 is 0 Å². The molecule has 144 valence electrons. The largest absolute Gasteiger partial charge is 0.416 e. The van der Waals surface area contributed by atoms with Gasteiger partial charge in [-0.15, -0.1) is 35.3 Å². The Morgan fingerprint density at radius 3 is 2.31 bits per heavy atom. The molecule has 1 aromatic carbocycles. The Hall–Kier alpha value is -1.36. The van der Waals surface area contributed by atoms with Crippen molar-refractivity contribution in [1.82, 2.24) is 15.2 Å². The number of benzene rings is 1. The summed E-state index contributed by atoms with van der Waals surface area (Å²) >= 11 is 1.63. The van der Waals surface area contributed by atoms with Gasteiger partial charge >= 0.3 is 6.18 Å². The van der Waals surface area contributed by atoms with Crippen molar-refractivity contribution in [1.29, 1.82) is 0 Å². The fourth-order valence-electron chi connectivity index (χ4n) is 2.43. The first-order chi connectivity index (χ1) is 11.7. The van der Waals surface area contributed by atoms with E-state index < -0.39 is 11.7 Å². The first-order valence-electron chi connectivity index (χ1n) is 7.71. The molecule has 0 bridgehead atoms. The van der Waals surface area contributed by atoms with Crippen LogP contribution in [0.2, 0.25) is 0 Å². The molecule has 0 amide bonds. The third-order valence-electron chi connectivity index (χ3n) is 3.68. The first kappa shape index (κ1) is 22.7. The lowest BCUT2D eigenvalue weighted by Crippen LogP contribution is -2.38. The second kappa shape index (κ2) is 9.54. The summed E-state index contributed by atoms with van der Waals surface area (Å²) < 4.78 is 37.9. The normalized spacial score (nSPS) is 11.9. The van der Waals surface area contributed by atoms with Gasteiger partial charge < -0.3 is 10.2 Å². The monoisotopic (exact) mass is 498 g/mol. The maximum absolute atomic E-state index is 12.6. The van der Waals surface area contributed by atoms with Crippen LogP contribution in [0.4, 0.5) is 13.2 Å². The molecule has 0 spiro atoms. The molecule has 0 saturated carbocycles. The topological polar surface area (TPSA) is 40.5 Å². The standard InChI is InChI=1S/C17H21F3N4S.HI/c1-11-15(25-12(2)23-11)9-22-16(21-3)24(4)10-13-5-7-14(8-6-13)17(18,19)20;/h5-8H,9-10H2,1-4H3,(H,21,22);1H. The lowest BCUT2D eigenvalue weighted by Gasteiger charge is -2.22. The minimum atomic E-state index is -4.31. The SMILES string of the molecule is CN=C(NCc1sc(C)nc1C)N(C)Cc1ccc(C(F)(F)F)cc1.I. The van der Waals surface area contributed by atoms with Crippen molar-refractivity contribution in [2.45, 2.75) is 33.1 Å². The number of halogens is 4. The molecule has 0 radical (unpaired) electrons. The highest BCUT2D eigenvalue weighted by molar-refractivity contribution is 14.0. The summed E-state index contributed by atoms with van der Waals surface area (Å²) in [6.07, 6.45) is -4.31. The van der Waals surface area contributed by atoms with Gasteiger partial charge in [0.25, 0.3) is 0 Å². The average Bonchev–Trinajstić information content (AvgIpc) is 2.85. The van der Waals surface area contributed by atoms with Crippen molar-refractivity contribution in [3.63, 3.8) is 0 Å². The summed E-state index contributed by atoms with van der Waals surface area (Å²) in [5.41, 5.74) is 1.14. The van der Waals surface area contributed by atoms with Crippen LogP contribution in [0.1, 0.15) is 26.7 Å². The van der Waals surface area contributed by atoms with E-state index in [-0.39, 0.29) is 24.0 Å². The molecule has 0 fully saturated rings. The molecule has 1 heterocycles. The number of hydrogen-bond acceptors (Lipinski definition) is 3. The van der Waals surface area contributed by atoms with Crippen molar-refractivity contribution in [3.8, 4) is 0 Å². The molecule has 0 unspecified atom stereocenters. The van der Waals surface area contributed by atoms with Gasteiger partial charge in [-0.3, -0.25) is 4.99 Å². The predicted octanol–water partition coefficient (Wildman–Crippen LogP) is 4.60. The van der Waals surface area contributed by atoms with Gasteiger partial charge in [0.05, 0.1) is 22.8 Å². The van der Waals surface area contributed by atoms with Crippen LogP contribution < -0.4 is 5.32 Å². The highest BCUT2D eigenvalue weighted by Crippen LogP contribution is 2.29. The van der Waals surface area contributed by atoms with Gasteiger partial charge in [0, 0.05) is 25.5 Å². The molecule has 9 heteroatoms. The summed E-state index contributed by atoms with van der Waals surface area (Å²) in [6.45, 7) is 5.00. The fourth-order valence-corrected chi connectivity index (χ4v) is 3.31. The van der Waals surface area contributed by atoms with Crippen LogP contribution in [0.3, 0.4) is 0 Å². The third-order valence-corrected chi connectivity index (χ3v) is 4.75. The van der Waals surface area contributed by atoms with Gasteiger partial charge in [0.2, 0.25) is 0 Å². The Balaban J connectivity index is 0.00000338. The number of aromatic nitrogens is 1. The summed E-state index contributed by atoms with van der Waals surface area (Å²) in [7, 11) is 3.52. The first-order valence-corrected chi connectivity index (χ1v) is 8.53. The van der Waals surface area contributed by atoms with E-state index in [9.17, 15) is 13.2 Å². The van der Waals surface area contributed by atoms with E-state index in [1.807, 2.05) is 25.8 Å². The van der Waals surface area contributed by atoms with E-state index in [2.05, 4.69) is 15.3 Å². The second-order valence-corrected chi connectivity index (χ2v) is 6.98. The lowest BCUT2D eigenvalue weighted by molar-refractivity contribution is -0.137. The van der Waals surface area contributed by atoms with Crippen LogP contribution in [-0.2, 0) is 19.3 Å². The molecular formula is C17H22F3IN4S. The van der Waals surface area contributed by atoms with Crippen molar-refractivity contribution in [2.75, 3.05) is 14.1 Å². The molecule has 0 aliphatic rings.